The molecule has 2 aromatic carbocycles. The van der Waals surface area contributed by atoms with Gasteiger partial charge in [0.1, 0.15) is 5.75 Å². The summed E-state index contributed by atoms with van der Waals surface area (Å²) in [7, 11) is 0. The maximum atomic E-state index is 12.6. The molecular formula is C19H15N3O4S. The van der Waals surface area contributed by atoms with Gasteiger partial charge >= 0.3 is 0 Å². The van der Waals surface area contributed by atoms with Crippen LogP contribution in [0.1, 0.15) is 16.1 Å². The number of aromatic nitrogens is 1. The maximum Gasteiger partial charge on any atom is 0.279 e. The van der Waals surface area contributed by atoms with E-state index >= 15 is 0 Å². The second-order valence-electron chi connectivity index (χ2n) is 5.25. The summed E-state index contributed by atoms with van der Waals surface area (Å²) in [5, 5.41) is 11.7. The van der Waals surface area contributed by atoms with Crippen molar-refractivity contribution in [2.45, 2.75) is 0 Å². The molecule has 3 rings (SSSR count). The number of rotatable bonds is 6. The number of benzene rings is 2. The molecule has 3 N–H and O–H groups in total. The Morgan fingerprint density at radius 3 is 2.59 bits per heavy atom. The number of nitrogens with zero attached hydrogens (tertiary/aromatic N) is 1. The number of amides is 2. The molecule has 1 aromatic heterocycles. The van der Waals surface area contributed by atoms with Crippen LogP contribution in [0.15, 0.2) is 66.2 Å². The molecule has 0 fully saturated rings. The van der Waals surface area contributed by atoms with E-state index in [1.54, 1.807) is 36.4 Å². The fourth-order valence-corrected chi connectivity index (χ4v) is 2.85. The third-order valence-corrected chi connectivity index (χ3v) is 4.14. The van der Waals surface area contributed by atoms with Crippen molar-refractivity contribution < 1.29 is 19.5 Å². The smallest absolute Gasteiger partial charge is 0.279 e. The van der Waals surface area contributed by atoms with E-state index in [2.05, 4.69) is 10.3 Å². The maximum absolute atomic E-state index is 12.6. The molecule has 0 atom stereocenters. The third-order valence-electron chi connectivity index (χ3n) is 3.44. The van der Waals surface area contributed by atoms with Crippen LogP contribution in [0.2, 0.25) is 0 Å². The molecule has 0 saturated heterocycles. The van der Waals surface area contributed by atoms with Gasteiger partial charge in [-0.25, -0.2) is 10.5 Å². The molecule has 0 aliphatic rings. The Bertz CT molecular complexity index is 970. The normalized spacial score (nSPS) is 10.6. The second kappa shape index (κ2) is 8.75. The first-order valence-electron chi connectivity index (χ1n) is 7.86. The standard InChI is InChI=1S/C19H15N3O4S/c23-16(22-25)11-10-13-6-4-5-9-15(13)21-18(24)17-19(27-12-20-17)26-14-7-2-1-3-8-14/h1-12,25H,(H,21,24)(H,22,23). The predicted octanol–water partition coefficient (Wildman–Crippen LogP) is 3.71. The van der Waals surface area contributed by atoms with Crippen molar-refractivity contribution in [1.29, 1.82) is 0 Å². The van der Waals surface area contributed by atoms with Crippen LogP contribution in [-0.4, -0.2) is 22.0 Å². The quantitative estimate of drug-likeness (QED) is 0.343. The Balaban J connectivity index is 1.78. The highest BCUT2D eigenvalue weighted by Gasteiger charge is 2.18. The van der Waals surface area contributed by atoms with E-state index in [0.717, 1.165) is 6.08 Å². The predicted molar refractivity (Wildman–Crippen MR) is 102 cm³/mol. The van der Waals surface area contributed by atoms with Crippen molar-refractivity contribution in [2.24, 2.45) is 0 Å². The second-order valence-corrected chi connectivity index (χ2v) is 6.07. The summed E-state index contributed by atoms with van der Waals surface area (Å²) < 4.78 is 5.73. The zero-order chi connectivity index (χ0) is 19.1. The van der Waals surface area contributed by atoms with Crippen molar-refractivity contribution in [2.75, 3.05) is 5.32 Å². The summed E-state index contributed by atoms with van der Waals surface area (Å²) in [4.78, 5) is 27.9. The number of hydroxylamine groups is 1. The summed E-state index contributed by atoms with van der Waals surface area (Å²) in [6.07, 6.45) is 2.63. The van der Waals surface area contributed by atoms with Gasteiger partial charge in [0.2, 0.25) is 5.06 Å². The number of para-hydroxylation sites is 2. The van der Waals surface area contributed by atoms with E-state index in [1.807, 2.05) is 18.2 Å². The lowest BCUT2D eigenvalue weighted by Gasteiger charge is -2.09. The van der Waals surface area contributed by atoms with Gasteiger partial charge in [-0.2, -0.15) is 0 Å². The summed E-state index contributed by atoms with van der Waals surface area (Å²) in [5.74, 6) is -0.502. The van der Waals surface area contributed by atoms with Crippen molar-refractivity contribution in [3.8, 4) is 10.8 Å². The van der Waals surface area contributed by atoms with Gasteiger partial charge in [-0.3, -0.25) is 14.8 Å². The van der Waals surface area contributed by atoms with Crippen LogP contribution < -0.4 is 15.5 Å². The number of hydrogen-bond acceptors (Lipinski definition) is 6. The Morgan fingerprint density at radius 2 is 1.81 bits per heavy atom. The average molecular weight is 381 g/mol. The number of thiazole rings is 1. The molecule has 3 aromatic rings. The largest absolute Gasteiger partial charge is 0.444 e. The van der Waals surface area contributed by atoms with Gasteiger partial charge in [0.05, 0.1) is 5.51 Å². The first kappa shape index (κ1) is 18.3. The molecular weight excluding hydrogens is 366 g/mol. The monoisotopic (exact) mass is 381 g/mol. The van der Waals surface area contributed by atoms with Gasteiger partial charge in [-0.1, -0.05) is 47.7 Å². The SMILES string of the molecule is O=C(C=Cc1ccccc1NC(=O)c1ncsc1Oc1ccccc1)NO. The average Bonchev–Trinajstić information content (AvgIpc) is 3.16. The molecule has 7 nitrogen and oxygen atoms in total. The molecule has 2 amide bonds. The third kappa shape index (κ3) is 4.78. The van der Waals surface area contributed by atoms with E-state index in [9.17, 15) is 9.59 Å². The van der Waals surface area contributed by atoms with E-state index in [4.69, 9.17) is 9.94 Å². The van der Waals surface area contributed by atoms with E-state index in [1.165, 1.54) is 28.4 Å². The molecule has 136 valence electrons. The fraction of sp³-hybridized carbons (Fsp3) is 0. The first-order valence-corrected chi connectivity index (χ1v) is 8.74. The number of ether oxygens (including phenoxy) is 1. The summed E-state index contributed by atoms with van der Waals surface area (Å²) in [6.45, 7) is 0. The van der Waals surface area contributed by atoms with Crippen LogP contribution in [0.25, 0.3) is 6.08 Å². The molecule has 27 heavy (non-hydrogen) atoms. The molecule has 0 aliphatic heterocycles. The van der Waals surface area contributed by atoms with Crippen LogP contribution in [0.5, 0.6) is 10.8 Å². The van der Waals surface area contributed by atoms with Crippen LogP contribution >= 0.6 is 11.3 Å². The fourth-order valence-electron chi connectivity index (χ4n) is 2.20. The van der Waals surface area contributed by atoms with E-state index in [0.29, 0.717) is 22.1 Å². The van der Waals surface area contributed by atoms with Crippen LogP contribution in [0.4, 0.5) is 5.69 Å². The van der Waals surface area contributed by atoms with Crippen LogP contribution in [-0.2, 0) is 4.79 Å². The number of carbonyl (C=O) groups is 2. The molecule has 8 heteroatoms. The van der Waals surface area contributed by atoms with Gasteiger partial charge in [0, 0.05) is 11.8 Å². The molecule has 0 aliphatic carbocycles. The Kier molecular flexibility index (Phi) is 5.93. The van der Waals surface area contributed by atoms with Gasteiger partial charge in [0.25, 0.3) is 11.8 Å². The van der Waals surface area contributed by atoms with Crippen molar-refractivity contribution in [3.63, 3.8) is 0 Å². The number of carbonyl (C=O) groups excluding carboxylic acids is 2. The van der Waals surface area contributed by atoms with Gasteiger partial charge in [-0.05, 0) is 29.8 Å². The lowest BCUT2D eigenvalue weighted by molar-refractivity contribution is -0.124. The number of hydrogen-bond donors (Lipinski definition) is 3. The van der Waals surface area contributed by atoms with E-state index < -0.39 is 11.8 Å². The Hall–Kier alpha value is -3.49. The first-order chi connectivity index (χ1) is 13.2. The highest BCUT2D eigenvalue weighted by Crippen LogP contribution is 2.30. The lowest BCUT2D eigenvalue weighted by atomic mass is 10.1. The van der Waals surface area contributed by atoms with Gasteiger partial charge < -0.3 is 10.1 Å². The van der Waals surface area contributed by atoms with E-state index in [-0.39, 0.29) is 5.69 Å². The Labute approximate surface area is 158 Å². The minimum atomic E-state index is -0.672. The lowest BCUT2D eigenvalue weighted by Crippen LogP contribution is -2.15. The molecule has 0 saturated carbocycles. The minimum absolute atomic E-state index is 0.163. The molecule has 0 radical (unpaired) electrons. The number of anilines is 1. The van der Waals surface area contributed by atoms with Crippen molar-refractivity contribution >= 4 is 34.9 Å². The molecule has 1 heterocycles. The zero-order valence-electron chi connectivity index (χ0n) is 14.0. The minimum Gasteiger partial charge on any atom is -0.444 e. The van der Waals surface area contributed by atoms with Crippen molar-refractivity contribution in [1.82, 2.24) is 10.5 Å². The molecule has 0 spiro atoms. The van der Waals surface area contributed by atoms with Gasteiger partial charge in [0.15, 0.2) is 5.69 Å². The van der Waals surface area contributed by atoms with Crippen LogP contribution in [0, 0.1) is 0 Å². The highest BCUT2D eigenvalue weighted by molar-refractivity contribution is 7.11. The summed E-state index contributed by atoms with van der Waals surface area (Å²) in [6, 6.07) is 16.0. The highest BCUT2D eigenvalue weighted by atomic mass is 32.1. The van der Waals surface area contributed by atoms with Crippen LogP contribution in [0.3, 0.4) is 0 Å². The Morgan fingerprint density at radius 1 is 1.07 bits per heavy atom. The molecule has 0 bridgehead atoms. The molecule has 0 unspecified atom stereocenters. The topological polar surface area (TPSA) is 101 Å². The number of nitrogens with one attached hydrogen (secondary N) is 2. The summed E-state index contributed by atoms with van der Waals surface area (Å²) >= 11 is 1.22. The van der Waals surface area contributed by atoms with Gasteiger partial charge in [-0.15, -0.1) is 0 Å². The zero-order valence-corrected chi connectivity index (χ0v) is 14.8. The van der Waals surface area contributed by atoms with Crippen molar-refractivity contribution in [3.05, 3.63) is 77.4 Å². The summed E-state index contributed by atoms with van der Waals surface area (Å²) in [5.41, 5.74) is 4.29.